The van der Waals surface area contributed by atoms with E-state index < -0.39 is 0 Å². The Balaban J connectivity index is 1.87. The fourth-order valence-corrected chi connectivity index (χ4v) is 3.92. The predicted octanol–water partition coefficient (Wildman–Crippen LogP) is 4.54. The predicted molar refractivity (Wildman–Crippen MR) is 108 cm³/mol. The molecule has 3 aromatic rings. The Labute approximate surface area is 163 Å². The summed E-state index contributed by atoms with van der Waals surface area (Å²) >= 11 is 0. The standard InChI is InChI=1S/C22H24FN3O2/c1-28-13-11-16-6-4-5-12-26(16)22-18-14-15(23)9-10-19(18)24-21(25-22)17-7-2-3-8-20(17)27/h2-3,7-10,14,16,27H,4-6,11-13H2,1H3. The second kappa shape index (κ2) is 8.10. The molecule has 1 saturated heterocycles. The minimum absolute atomic E-state index is 0.129. The molecule has 0 amide bonds. The maximum absolute atomic E-state index is 14.0. The number of rotatable bonds is 5. The van der Waals surface area contributed by atoms with E-state index in [1.54, 1.807) is 31.4 Å². The Hall–Kier alpha value is -2.73. The van der Waals surface area contributed by atoms with Crippen molar-refractivity contribution in [1.29, 1.82) is 0 Å². The van der Waals surface area contributed by atoms with Gasteiger partial charge in [-0.05, 0) is 56.0 Å². The fraction of sp³-hybridized carbons (Fsp3) is 0.364. The molecule has 1 unspecified atom stereocenters. The van der Waals surface area contributed by atoms with Gasteiger partial charge in [0.15, 0.2) is 5.82 Å². The van der Waals surface area contributed by atoms with E-state index in [1.165, 1.54) is 12.1 Å². The van der Waals surface area contributed by atoms with Gasteiger partial charge >= 0.3 is 0 Å². The minimum atomic E-state index is -0.307. The monoisotopic (exact) mass is 381 g/mol. The van der Waals surface area contributed by atoms with Crippen LogP contribution < -0.4 is 4.90 Å². The number of hydrogen-bond donors (Lipinski definition) is 1. The number of ether oxygens (including phenoxy) is 1. The minimum Gasteiger partial charge on any atom is -0.507 e. The summed E-state index contributed by atoms with van der Waals surface area (Å²) in [7, 11) is 1.71. The molecule has 0 spiro atoms. The van der Waals surface area contributed by atoms with E-state index >= 15 is 0 Å². The van der Waals surface area contributed by atoms with Crippen molar-refractivity contribution >= 4 is 16.7 Å². The Kier molecular flexibility index (Phi) is 5.39. The van der Waals surface area contributed by atoms with E-state index in [4.69, 9.17) is 9.72 Å². The topological polar surface area (TPSA) is 58.5 Å². The van der Waals surface area contributed by atoms with Crippen LogP contribution in [0.4, 0.5) is 10.2 Å². The van der Waals surface area contributed by atoms with Crippen LogP contribution in [0.25, 0.3) is 22.3 Å². The number of methoxy groups -OCH3 is 1. The van der Waals surface area contributed by atoms with Crippen LogP contribution in [-0.2, 0) is 4.74 Å². The molecular formula is C22H24FN3O2. The van der Waals surface area contributed by atoms with Crippen molar-refractivity contribution in [3.8, 4) is 17.1 Å². The number of nitrogens with zero attached hydrogens (tertiary/aromatic N) is 3. The molecule has 1 fully saturated rings. The first-order valence-corrected chi connectivity index (χ1v) is 9.68. The largest absolute Gasteiger partial charge is 0.507 e. The van der Waals surface area contributed by atoms with Crippen molar-refractivity contribution in [1.82, 2.24) is 9.97 Å². The quantitative estimate of drug-likeness (QED) is 0.703. The van der Waals surface area contributed by atoms with Crippen LogP contribution in [-0.4, -0.2) is 41.4 Å². The molecule has 1 atom stereocenters. The van der Waals surface area contributed by atoms with Gasteiger partial charge in [-0.1, -0.05) is 12.1 Å². The number of fused-ring (bicyclic) bond motifs is 1. The molecular weight excluding hydrogens is 357 g/mol. The number of phenols is 1. The summed E-state index contributed by atoms with van der Waals surface area (Å²) in [4.78, 5) is 11.7. The molecule has 0 radical (unpaired) electrons. The van der Waals surface area contributed by atoms with E-state index in [0.29, 0.717) is 28.9 Å². The summed E-state index contributed by atoms with van der Waals surface area (Å²) in [5, 5.41) is 11.0. The summed E-state index contributed by atoms with van der Waals surface area (Å²) in [5.41, 5.74) is 1.24. The summed E-state index contributed by atoms with van der Waals surface area (Å²) in [6.07, 6.45) is 4.17. The lowest BCUT2D eigenvalue weighted by Crippen LogP contribution is -2.41. The number of benzene rings is 2. The molecule has 2 aromatic carbocycles. The highest BCUT2D eigenvalue weighted by Gasteiger charge is 2.26. The van der Waals surface area contributed by atoms with Crippen LogP contribution in [0.2, 0.25) is 0 Å². The average molecular weight is 381 g/mol. The van der Waals surface area contributed by atoms with Crippen LogP contribution in [0.1, 0.15) is 25.7 Å². The average Bonchev–Trinajstić information content (AvgIpc) is 2.72. The third-order valence-electron chi connectivity index (χ3n) is 5.34. The molecule has 146 valence electrons. The second-order valence-corrected chi connectivity index (χ2v) is 7.17. The molecule has 1 aliphatic rings. The van der Waals surface area contributed by atoms with Crippen molar-refractivity contribution in [2.45, 2.75) is 31.7 Å². The van der Waals surface area contributed by atoms with E-state index in [2.05, 4.69) is 9.88 Å². The molecule has 2 heterocycles. The number of piperidine rings is 1. The molecule has 0 saturated carbocycles. The first-order valence-electron chi connectivity index (χ1n) is 9.68. The summed E-state index contributed by atoms with van der Waals surface area (Å²) in [6, 6.07) is 11.9. The van der Waals surface area contributed by atoms with Gasteiger partial charge in [-0.25, -0.2) is 14.4 Å². The highest BCUT2D eigenvalue weighted by atomic mass is 19.1. The zero-order valence-corrected chi connectivity index (χ0v) is 15.9. The zero-order valence-electron chi connectivity index (χ0n) is 15.9. The second-order valence-electron chi connectivity index (χ2n) is 7.17. The van der Waals surface area contributed by atoms with Gasteiger partial charge in [0, 0.05) is 31.7 Å². The molecule has 28 heavy (non-hydrogen) atoms. The smallest absolute Gasteiger partial charge is 0.165 e. The van der Waals surface area contributed by atoms with Crippen molar-refractivity contribution in [2.75, 3.05) is 25.2 Å². The number of halogens is 1. The first-order chi connectivity index (χ1) is 13.7. The van der Waals surface area contributed by atoms with Gasteiger partial charge in [-0.15, -0.1) is 0 Å². The fourth-order valence-electron chi connectivity index (χ4n) is 3.92. The SMILES string of the molecule is COCCC1CCCCN1c1nc(-c2ccccc2O)nc2ccc(F)cc12. The molecule has 0 bridgehead atoms. The van der Waals surface area contributed by atoms with Gasteiger partial charge in [0.2, 0.25) is 0 Å². The molecule has 0 aliphatic carbocycles. The summed E-state index contributed by atoms with van der Waals surface area (Å²) in [6.45, 7) is 1.53. The number of aromatic nitrogens is 2. The van der Waals surface area contributed by atoms with Gasteiger partial charge in [-0.3, -0.25) is 0 Å². The van der Waals surface area contributed by atoms with Gasteiger partial charge < -0.3 is 14.7 Å². The van der Waals surface area contributed by atoms with Gasteiger partial charge in [0.05, 0.1) is 11.1 Å². The van der Waals surface area contributed by atoms with Gasteiger partial charge in [0.1, 0.15) is 17.4 Å². The maximum atomic E-state index is 14.0. The Bertz CT molecular complexity index is 979. The summed E-state index contributed by atoms with van der Waals surface area (Å²) in [5.74, 6) is 0.995. The third kappa shape index (κ3) is 3.64. The van der Waals surface area contributed by atoms with Crippen molar-refractivity contribution < 1.29 is 14.2 Å². The lowest BCUT2D eigenvalue weighted by molar-refractivity contribution is 0.182. The molecule has 1 aromatic heterocycles. The van der Waals surface area contributed by atoms with Crippen molar-refractivity contribution in [3.63, 3.8) is 0 Å². The number of phenolic OH excluding ortho intramolecular Hbond substituents is 1. The lowest BCUT2D eigenvalue weighted by atomic mass is 9.99. The normalized spacial score (nSPS) is 17.2. The van der Waals surface area contributed by atoms with Crippen LogP contribution in [0.15, 0.2) is 42.5 Å². The number of anilines is 1. The Morgan fingerprint density at radius 2 is 2.04 bits per heavy atom. The van der Waals surface area contributed by atoms with Crippen LogP contribution in [0.3, 0.4) is 0 Å². The van der Waals surface area contributed by atoms with E-state index in [0.717, 1.165) is 38.0 Å². The van der Waals surface area contributed by atoms with Crippen LogP contribution >= 0.6 is 0 Å². The van der Waals surface area contributed by atoms with Crippen molar-refractivity contribution in [3.05, 3.63) is 48.3 Å². The van der Waals surface area contributed by atoms with E-state index in [9.17, 15) is 9.50 Å². The van der Waals surface area contributed by atoms with Gasteiger partial charge in [-0.2, -0.15) is 0 Å². The summed E-state index contributed by atoms with van der Waals surface area (Å²) < 4.78 is 19.3. The molecule has 4 rings (SSSR count). The molecule has 1 N–H and O–H groups in total. The van der Waals surface area contributed by atoms with E-state index in [1.807, 2.05) is 6.07 Å². The number of aromatic hydroxyl groups is 1. The highest BCUT2D eigenvalue weighted by molar-refractivity contribution is 5.91. The van der Waals surface area contributed by atoms with E-state index in [-0.39, 0.29) is 17.6 Å². The highest BCUT2D eigenvalue weighted by Crippen LogP contribution is 2.34. The first kappa shape index (κ1) is 18.6. The maximum Gasteiger partial charge on any atom is 0.165 e. The van der Waals surface area contributed by atoms with Gasteiger partial charge in [0.25, 0.3) is 0 Å². The van der Waals surface area contributed by atoms with Crippen LogP contribution in [0.5, 0.6) is 5.75 Å². The lowest BCUT2D eigenvalue weighted by Gasteiger charge is -2.37. The molecule has 5 nitrogen and oxygen atoms in total. The molecule has 6 heteroatoms. The third-order valence-corrected chi connectivity index (χ3v) is 5.34. The number of para-hydroxylation sites is 1. The number of hydrogen-bond acceptors (Lipinski definition) is 5. The zero-order chi connectivity index (χ0) is 19.5. The van der Waals surface area contributed by atoms with Crippen molar-refractivity contribution in [2.24, 2.45) is 0 Å². The Morgan fingerprint density at radius 1 is 1.18 bits per heavy atom. The van der Waals surface area contributed by atoms with Crippen LogP contribution in [0, 0.1) is 5.82 Å². The Morgan fingerprint density at radius 3 is 2.86 bits per heavy atom. The molecule has 1 aliphatic heterocycles.